The lowest BCUT2D eigenvalue weighted by atomic mass is 10.1. The Hall–Kier alpha value is -7.25. The van der Waals surface area contributed by atoms with E-state index in [9.17, 15) is 40.7 Å². The van der Waals surface area contributed by atoms with Gasteiger partial charge < -0.3 is 26.6 Å². The van der Waals surface area contributed by atoms with E-state index in [2.05, 4.69) is 26.1 Å². The molecule has 0 fully saturated rings. The molecule has 0 unspecified atom stereocenters. The number of hydrogen-bond donors (Lipinski definition) is 4. The van der Waals surface area contributed by atoms with Gasteiger partial charge in [-0.25, -0.2) is 9.36 Å². The molecule has 6 aromatic carbocycles. The van der Waals surface area contributed by atoms with Gasteiger partial charge in [-0.15, -0.1) is 0 Å². The second kappa shape index (κ2) is 20.3. The van der Waals surface area contributed by atoms with Crippen LogP contribution in [0, 0.1) is 0 Å². The Bertz CT molecular complexity index is 3130. The Morgan fingerprint density at radius 3 is 1.46 bits per heavy atom. The first kappa shape index (κ1) is 48.7. The number of nitrogens with two attached hydrogens (primary N) is 1. The summed E-state index contributed by atoms with van der Waals surface area (Å²) in [6.45, 7) is 0.748. The van der Waals surface area contributed by atoms with Gasteiger partial charge in [-0.2, -0.15) is 36.5 Å². The minimum absolute atomic E-state index is 0.150. The van der Waals surface area contributed by atoms with Crippen LogP contribution in [0.5, 0.6) is 0 Å². The highest BCUT2D eigenvalue weighted by Crippen LogP contribution is 2.33. The third-order valence-corrected chi connectivity index (χ3v) is 11.0. The Kier molecular flexibility index (Phi) is 14.5. The molecular weight excluding hydrogens is 935 g/mol. The van der Waals surface area contributed by atoms with Crippen LogP contribution in [0.1, 0.15) is 43.0 Å². The van der Waals surface area contributed by atoms with E-state index in [1.165, 1.54) is 39.8 Å². The summed E-state index contributed by atoms with van der Waals surface area (Å²) in [5.74, 6) is -1.01. The number of nitrogens with one attached hydrogen (secondary N) is 3. The third-order valence-electron chi connectivity index (χ3n) is 10.3. The minimum Gasteiger partial charge on any atom is -0.351 e. The first-order valence-corrected chi connectivity index (χ1v) is 21.2. The number of aromatic nitrogens is 4. The number of carbonyl (C=O) groups excluding carboxylic acids is 3. The highest BCUT2D eigenvalue weighted by atomic mass is 35.5. The second-order valence-corrected chi connectivity index (χ2v) is 16.2. The maximum Gasteiger partial charge on any atom is 0.416 e. The minimum atomic E-state index is -4.43. The molecule has 0 aliphatic carbocycles. The van der Waals surface area contributed by atoms with Crippen LogP contribution >= 0.6 is 23.2 Å². The van der Waals surface area contributed by atoms with Crippen LogP contribution in [0.2, 0.25) is 10.0 Å². The van der Waals surface area contributed by atoms with Gasteiger partial charge in [0, 0.05) is 23.9 Å². The lowest BCUT2D eigenvalue weighted by Crippen LogP contribution is -2.32. The molecule has 0 radical (unpaired) electrons. The number of likely N-dealkylation sites (N-methyl/N-ethyl adjacent to an activating group) is 1. The van der Waals surface area contributed by atoms with E-state index < -0.39 is 35.3 Å². The van der Waals surface area contributed by atoms with Crippen molar-refractivity contribution in [3.05, 3.63) is 177 Å². The molecular formula is C48H39Cl2F6N9O3. The molecule has 68 heavy (non-hydrogen) atoms. The van der Waals surface area contributed by atoms with Crippen LogP contribution in [-0.2, 0) is 30.2 Å². The van der Waals surface area contributed by atoms with Gasteiger partial charge in [-0.3, -0.25) is 14.4 Å². The van der Waals surface area contributed by atoms with Crippen molar-refractivity contribution < 1.29 is 40.7 Å². The summed E-state index contributed by atoms with van der Waals surface area (Å²) in [5, 5.41) is 18.8. The average Bonchev–Trinajstić information content (AvgIpc) is 3.95. The number of alkyl halides is 6. The van der Waals surface area contributed by atoms with Gasteiger partial charge in [0.15, 0.2) is 0 Å². The molecule has 8 rings (SSSR count). The summed E-state index contributed by atoms with van der Waals surface area (Å²) < 4.78 is 80.2. The highest BCUT2D eigenvalue weighted by Gasteiger charge is 2.31. The number of nitrogens with zero attached hydrogens (tertiary/aromatic N) is 5. The van der Waals surface area contributed by atoms with E-state index in [1.807, 2.05) is 0 Å². The van der Waals surface area contributed by atoms with Gasteiger partial charge in [-0.05, 0) is 122 Å². The molecule has 0 aliphatic rings. The smallest absolute Gasteiger partial charge is 0.351 e. The summed E-state index contributed by atoms with van der Waals surface area (Å²) >= 11 is 12.4. The first-order valence-electron chi connectivity index (χ1n) is 20.4. The molecule has 0 saturated carbocycles. The average molecular weight is 975 g/mol. The molecule has 2 heterocycles. The van der Waals surface area contributed by atoms with Crippen LogP contribution in [-0.4, -0.2) is 62.8 Å². The van der Waals surface area contributed by atoms with Crippen molar-refractivity contribution in [3.63, 3.8) is 0 Å². The fourth-order valence-electron chi connectivity index (χ4n) is 6.97. The lowest BCUT2D eigenvalue weighted by molar-refractivity contribution is -0.138. The maximum absolute atomic E-state index is 13.1. The van der Waals surface area contributed by atoms with E-state index >= 15 is 0 Å². The number of anilines is 2. The molecule has 8 aromatic rings. The monoisotopic (exact) mass is 973 g/mol. The second-order valence-electron chi connectivity index (χ2n) is 15.4. The van der Waals surface area contributed by atoms with Crippen molar-refractivity contribution in [1.82, 2.24) is 29.8 Å². The molecule has 0 bridgehead atoms. The largest absolute Gasteiger partial charge is 0.416 e. The Labute approximate surface area is 394 Å². The van der Waals surface area contributed by atoms with Crippen molar-refractivity contribution in [2.24, 2.45) is 5.73 Å². The van der Waals surface area contributed by atoms with E-state index in [1.54, 1.807) is 98.0 Å². The van der Waals surface area contributed by atoms with Crippen LogP contribution in [0.25, 0.3) is 33.2 Å². The van der Waals surface area contributed by atoms with Crippen molar-refractivity contribution in [1.29, 1.82) is 0 Å². The Morgan fingerprint density at radius 1 is 0.618 bits per heavy atom. The zero-order valence-corrected chi connectivity index (χ0v) is 37.4. The predicted molar refractivity (Wildman–Crippen MR) is 249 cm³/mol. The number of benzene rings is 6. The van der Waals surface area contributed by atoms with Crippen LogP contribution < -0.4 is 21.7 Å². The predicted octanol–water partition coefficient (Wildman–Crippen LogP) is 10.5. The number of rotatable bonds is 11. The van der Waals surface area contributed by atoms with Gasteiger partial charge in [-0.1, -0.05) is 47.5 Å². The van der Waals surface area contributed by atoms with Crippen molar-refractivity contribution in [3.8, 4) is 11.4 Å². The normalized spacial score (nSPS) is 11.6. The van der Waals surface area contributed by atoms with E-state index in [-0.39, 0.29) is 41.7 Å². The van der Waals surface area contributed by atoms with E-state index in [0.717, 1.165) is 29.8 Å². The molecule has 3 amide bonds. The summed E-state index contributed by atoms with van der Waals surface area (Å²) in [5.41, 5.74) is 9.22. The maximum atomic E-state index is 13.1. The molecule has 5 N–H and O–H groups in total. The number of fused-ring (bicyclic) bond motifs is 2. The standard InChI is InChI=1S/C26H23ClF3N5O2.C22H16ClF3N4O/c1-34(2)15-24(36)31-13-16-6-11-21(27)19(12-16)25(37)33-22-4-3-5-23-20(22)14-32-35(23)18-9-7-17(8-10-18)26(28,29)30;23-18-9-4-13(11-27)10-16(18)21(31)29-19-2-1-3-20-17(19)12-28-30(20)15-7-5-14(6-8-15)22(24,25)26/h3-12,14H,13,15H2,1-2H3,(H,31,36)(H,33,37);1-10,12H,11,27H2,(H,29,31). The zero-order valence-electron chi connectivity index (χ0n) is 35.9. The van der Waals surface area contributed by atoms with Gasteiger partial charge in [0.05, 0.1) is 85.0 Å². The first-order chi connectivity index (χ1) is 32.3. The van der Waals surface area contributed by atoms with Crippen molar-refractivity contribution in [2.75, 3.05) is 31.3 Å². The molecule has 20 heteroatoms. The highest BCUT2D eigenvalue weighted by molar-refractivity contribution is 6.35. The lowest BCUT2D eigenvalue weighted by Gasteiger charge is -2.12. The van der Waals surface area contributed by atoms with E-state index in [0.29, 0.717) is 55.1 Å². The Balaban J connectivity index is 0.000000204. The SMILES string of the molecule is CN(C)CC(=O)NCc1ccc(Cl)c(C(=O)Nc2cccc3c2cnn3-c2ccc(C(F)(F)F)cc2)c1.NCc1ccc(Cl)c(C(=O)Nc2cccc3c2cnn3-c2ccc(C(F)(F)F)cc2)c1. The molecule has 0 aliphatic heterocycles. The molecule has 0 spiro atoms. The molecule has 2 aromatic heterocycles. The molecule has 12 nitrogen and oxygen atoms in total. The number of hydrogen-bond acceptors (Lipinski definition) is 7. The van der Waals surface area contributed by atoms with Crippen molar-refractivity contribution in [2.45, 2.75) is 25.4 Å². The van der Waals surface area contributed by atoms with Crippen LogP contribution in [0.4, 0.5) is 37.7 Å². The summed E-state index contributed by atoms with van der Waals surface area (Å²) in [7, 11) is 3.58. The molecule has 0 atom stereocenters. The topological polar surface area (TPSA) is 152 Å². The van der Waals surface area contributed by atoms with Crippen LogP contribution in [0.3, 0.4) is 0 Å². The van der Waals surface area contributed by atoms with Crippen molar-refractivity contribution >= 4 is 74.1 Å². The van der Waals surface area contributed by atoms with Crippen LogP contribution in [0.15, 0.2) is 134 Å². The third kappa shape index (κ3) is 11.3. The number of amides is 3. The van der Waals surface area contributed by atoms with Gasteiger partial charge in [0.1, 0.15) is 0 Å². The van der Waals surface area contributed by atoms with Gasteiger partial charge >= 0.3 is 12.4 Å². The molecule has 350 valence electrons. The molecule has 0 saturated heterocycles. The number of halogens is 8. The summed E-state index contributed by atoms with van der Waals surface area (Å²) in [6.07, 6.45) is -5.77. The fraction of sp³-hybridized carbons (Fsp3) is 0.146. The van der Waals surface area contributed by atoms with E-state index in [4.69, 9.17) is 28.9 Å². The zero-order chi connectivity index (χ0) is 48.9. The van der Waals surface area contributed by atoms with Gasteiger partial charge in [0.25, 0.3) is 11.8 Å². The quantitative estimate of drug-likeness (QED) is 0.0942. The Morgan fingerprint density at radius 2 is 1.04 bits per heavy atom. The van der Waals surface area contributed by atoms with Gasteiger partial charge in [0.2, 0.25) is 5.91 Å². The number of carbonyl (C=O) groups is 3. The summed E-state index contributed by atoms with van der Waals surface area (Å²) in [4.78, 5) is 39.6. The fourth-order valence-corrected chi connectivity index (χ4v) is 7.37. The summed E-state index contributed by atoms with van der Waals surface area (Å²) in [6, 6.07) is 29.6.